The Morgan fingerprint density at radius 2 is 1.83 bits per heavy atom. The minimum absolute atomic E-state index is 0.128. The number of hydrogen-bond acceptors (Lipinski definition) is 2. The Kier molecular flexibility index (Phi) is 3.48. The average Bonchev–Trinajstić information content (AvgIpc) is 3.12. The number of alkyl halides is 3. The van der Waals surface area contributed by atoms with Crippen LogP contribution in [0.5, 0.6) is 0 Å². The van der Waals surface area contributed by atoms with Crippen LogP contribution in [0.15, 0.2) is 30.3 Å². The van der Waals surface area contributed by atoms with E-state index in [-0.39, 0.29) is 22.2 Å². The molecule has 2 atom stereocenters. The van der Waals surface area contributed by atoms with Crippen LogP contribution < -0.4 is 10.6 Å². The molecule has 3 heterocycles. The molecular formula is C20H14F5N3O. The van der Waals surface area contributed by atoms with E-state index in [4.69, 9.17) is 0 Å². The van der Waals surface area contributed by atoms with E-state index in [1.807, 2.05) is 0 Å². The summed E-state index contributed by atoms with van der Waals surface area (Å²) >= 11 is 0. The van der Waals surface area contributed by atoms with E-state index < -0.39 is 41.7 Å². The number of aromatic amines is 1. The number of nitrogens with one attached hydrogen (secondary N) is 3. The van der Waals surface area contributed by atoms with Gasteiger partial charge < -0.3 is 10.3 Å². The fraction of sp³-hybridized carbons (Fsp3) is 0.250. The first-order chi connectivity index (χ1) is 13.6. The topological polar surface area (TPSA) is 56.9 Å². The molecule has 5 rings (SSSR count). The van der Waals surface area contributed by atoms with Gasteiger partial charge in [-0.3, -0.25) is 10.1 Å². The number of hydrogen-bond donors (Lipinski definition) is 3. The molecule has 0 bridgehead atoms. The van der Waals surface area contributed by atoms with E-state index in [0.29, 0.717) is 11.3 Å². The summed E-state index contributed by atoms with van der Waals surface area (Å²) in [6.45, 7) is 1.76. The summed E-state index contributed by atoms with van der Waals surface area (Å²) in [5.41, 5.74) is 0.0747. The van der Waals surface area contributed by atoms with Crippen LogP contribution in [-0.4, -0.2) is 23.1 Å². The highest BCUT2D eigenvalue weighted by Crippen LogP contribution is 2.48. The van der Waals surface area contributed by atoms with Crippen molar-refractivity contribution in [3.05, 3.63) is 64.4 Å². The molecular weight excluding hydrogens is 393 g/mol. The Bertz CT molecular complexity index is 1200. The first-order valence-corrected chi connectivity index (χ1v) is 8.88. The zero-order chi connectivity index (χ0) is 20.7. The molecule has 0 radical (unpaired) electrons. The maximum atomic E-state index is 13.9. The molecule has 2 aliphatic rings. The van der Waals surface area contributed by atoms with Gasteiger partial charge in [0, 0.05) is 28.2 Å². The number of carbonyl (C=O) groups is 1. The number of fused-ring (bicyclic) bond motifs is 6. The molecule has 0 aliphatic carbocycles. The lowest BCUT2D eigenvalue weighted by Crippen LogP contribution is -2.61. The molecule has 3 N–H and O–H groups in total. The quantitative estimate of drug-likeness (QED) is 0.493. The number of halogens is 5. The summed E-state index contributed by atoms with van der Waals surface area (Å²) in [6, 6.07) is 4.71. The van der Waals surface area contributed by atoms with Crippen LogP contribution in [0.4, 0.5) is 27.6 Å². The van der Waals surface area contributed by atoms with E-state index in [2.05, 4.69) is 15.6 Å². The zero-order valence-corrected chi connectivity index (χ0v) is 15.0. The van der Waals surface area contributed by atoms with Crippen molar-refractivity contribution in [1.29, 1.82) is 0 Å². The normalized spacial score (nSPS) is 23.4. The Balaban J connectivity index is 1.87. The number of H-pyrrole nitrogens is 1. The lowest BCUT2D eigenvalue weighted by molar-refractivity contribution is -0.162. The molecule has 0 saturated carbocycles. The summed E-state index contributed by atoms with van der Waals surface area (Å²) < 4.78 is 68.9. The minimum Gasteiger partial charge on any atom is -0.356 e. The van der Waals surface area contributed by atoms with Crippen molar-refractivity contribution in [3.63, 3.8) is 0 Å². The second-order valence-electron chi connectivity index (χ2n) is 7.49. The third-order valence-corrected chi connectivity index (χ3v) is 5.68. The molecule has 1 aromatic heterocycles. The van der Waals surface area contributed by atoms with Crippen LogP contribution in [-0.2, 0) is 16.8 Å². The van der Waals surface area contributed by atoms with Gasteiger partial charge in [0.2, 0.25) is 0 Å². The molecule has 4 nitrogen and oxygen atoms in total. The van der Waals surface area contributed by atoms with Gasteiger partial charge in [0.15, 0.2) is 17.2 Å². The van der Waals surface area contributed by atoms with Gasteiger partial charge in [-0.1, -0.05) is 17.7 Å². The highest BCUT2D eigenvalue weighted by atomic mass is 19.4. The van der Waals surface area contributed by atoms with Crippen molar-refractivity contribution < 1.29 is 26.7 Å². The lowest BCUT2D eigenvalue weighted by atomic mass is 9.79. The first-order valence-electron chi connectivity index (χ1n) is 8.88. The summed E-state index contributed by atoms with van der Waals surface area (Å²) in [5.74, 6) is -2.97. The van der Waals surface area contributed by atoms with Gasteiger partial charge in [-0.15, -0.1) is 0 Å². The molecule has 2 aromatic carbocycles. The zero-order valence-electron chi connectivity index (χ0n) is 15.0. The van der Waals surface area contributed by atoms with Gasteiger partial charge in [-0.2, -0.15) is 13.2 Å². The number of aromatic nitrogens is 1. The number of rotatable bonds is 0. The third-order valence-electron chi connectivity index (χ3n) is 5.68. The Morgan fingerprint density at radius 1 is 1.10 bits per heavy atom. The summed E-state index contributed by atoms with van der Waals surface area (Å²) in [6.07, 6.45) is -5.17. The van der Waals surface area contributed by atoms with E-state index >= 15 is 0 Å². The first kappa shape index (κ1) is 18.1. The average molecular weight is 407 g/mol. The van der Waals surface area contributed by atoms with Crippen molar-refractivity contribution in [2.24, 2.45) is 0 Å². The molecule has 0 fully saturated rings. The molecule has 9 heteroatoms. The second-order valence-corrected chi connectivity index (χ2v) is 7.49. The van der Waals surface area contributed by atoms with Crippen molar-refractivity contribution in [1.82, 2.24) is 10.3 Å². The number of aryl methyl sites for hydroxylation is 1. The molecule has 3 aromatic rings. The Hall–Kier alpha value is -2.94. The number of anilines is 1. The lowest BCUT2D eigenvalue weighted by Gasteiger charge is -2.39. The standard InChI is InChI=1S/C20H14F5N3O/c1-8-2-3-14-11(4-8)19(18(29)27-14)17-10(6-16(28-19)20(23,24)25)9-5-12(21)13(22)7-15(9)26-17/h2-5,7,16,26,28H,6H2,1H3,(H,27,29)/t16-,19+/m0/s1. The van der Waals surface area contributed by atoms with Crippen molar-refractivity contribution >= 4 is 22.5 Å². The number of amides is 1. The Labute approximate surface area is 161 Å². The maximum absolute atomic E-state index is 13.9. The van der Waals surface area contributed by atoms with Gasteiger partial charge in [-0.05, 0) is 31.0 Å². The van der Waals surface area contributed by atoms with Crippen LogP contribution in [0.25, 0.3) is 10.9 Å². The van der Waals surface area contributed by atoms with E-state index in [1.165, 1.54) is 0 Å². The van der Waals surface area contributed by atoms with E-state index in [0.717, 1.165) is 17.7 Å². The smallest absolute Gasteiger partial charge is 0.356 e. The van der Waals surface area contributed by atoms with E-state index in [1.54, 1.807) is 25.1 Å². The molecule has 0 unspecified atom stereocenters. The molecule has 150 valence electrons. The van der Waals surface area contributed by atoms with Gasteiger partial charge in [0.25, 0.3) is 5.91 Å². The third kappa shape index (κ3) is 2.37. The van der Waals surface area contributed by atoms with Gasteiger partial charge >= 0.3 is 6.18 Å². The predicted molar refractivity (Wildman–Crippen MR) is 95.5 cm³/mol. The molecule has 2 aliphatic heterocycles. The fourth-order valence-electron chi connectivity index (χ4n) is 4.37. The van der Waals surface area contributed by atoms with Crippen LogP contribution in [0, 0.1) is 18.6 Å². The highest BCUT2D eigenvalue weighted by molar-refractivity contribution is 6.09. The number of benzene rings is 2. The van der Waals surface area contributed by atoms with Crippen LogP contribution in [0.1, 0.15) is 22.4 Å². The summed E-state index contributed by atoms with van der Waals surface area (Å²) in [7, 11) is 0. The minimum atomic E-state index is -4.65. The maximum Gasteiger partial charge on any atom is 0.404 e. The fourth-order valence-corrected chi connectivity index (χ4v) is 4.37. The van der Waals surface area contributed by atoms with Crippen LogP contribution >= 0.6 is 0 Å². The van der Waals surface area contributed by atoms with Gasteiger partial charge in [0.1, 0.15) is 6.04 Å². The van der Waals surface area contributed by atoms with Gasteiger partial charge in [-0.25, -0.2) is 8.78 Å². The van der Waals surface area contributed by atoms with Crippen LogP contribution in [0.2, 0.25) is 0 Å². The molecule has 29 heavy (non-hydrogen) atoms. The Morgan fingerprint density at radius 3 is 2.55 bits per heavy atom. The van der Waals surface area contributed by atoms with Crippen molar-refractivity contribution in [2.75, 3.05) is 5.32 Å². The second kappa shape index (κ2) is 5.56. The highest BCUT2D eigenvalue weighted by Gasteiger charge is 2.58. The molecule has 1 spiro atoms. The largest absolute Gasteiger partial charge is 0.404 e. The monoisotopic (exact) mass is 407 g/mol. The molecule has 0 saturated heterocycles. The van der Waals surface area contributed by atoms with Crippen molar-refractivity contribution in [2.45, 2.75) is 31.1 Å². The predicted octanol–water partition coefficient (Wildman–Crippen LogP) is 4.03. The number of carbonyl (C=O) groups excluding carboxylic acids is 1. The SMILES string of the molecule is Cc1ccc2c(c1)[C@]1(N[C@H](C(F)(F)F)Cc3c1[nH]c1cc(F)c(F)cc31)C(=O)N2. The van der Waals surface area contributed by atoms with Crippen LogP contribution in [0.3, 0.4) is 0 Å². The van der Waals surface area contributed by atoms with E-state index in [9.17, 15) is 26.7 Å². The van der Waals surface area contributed by atoms with Crippen molar-refractivity contribution in [3.8, 4) is 0 Å². The molecule has 1 amide bonds. The van der Waals surface area contributed by atoms with Gasteiger partial charge in [0.05, 0.1) is 5.69 Å². The summed E-state index contributed by atoms with van der Waals surface area (Å²) in [5, 5.41) is 5.25. The summed E-state index contributed by atoms with van der Waals surface area (Å²) in [4.78, 5) is 15.9.